The summed E-state index contributed by atoms with van der Waals surface area (Å²) >= 11 is 0. The molecule has 0 radical (unpaired) electrons. The first-order chi connectivity index (χ1) is 14.1. The summed E-state index contributed by atoms with van der Waals surface area (Å²) in [5.74, 6) is 5.68. The molecule has 4 rings (SSSR count). The van der Waals surface area contributed by atoms with E-state index in [9.17, 15) is 8.78 Å². The van der Waals surface area contributed by atoms with Gasteiger partial charge in [0.15, 0.2) is 23.2 Å². The summed E-state index contributed by atoms with van der Waals surface area (Å²) in [5.41, 5.74) is 2.43. The van der Waals surface area contributed by atoms with E-state index in [-0.39, 0.29) is 5.39 Å². The molecule has 1 heterocycles. The average molecular weight is 386 g/mol. The first-order valence-corrected chi connectivity index (χ1v) is 9.09. The van der Waals surface area contributed by atoms with Crippen molar-refractivity contribution in [3.8, 4) is 29.0 Å². The van der Waals surface area contributed by atoms with Gasteiger partial charge in [0.05, 0.1) is 19.0 Å². The van der Waals surface area contributed by atoms with Crippen LogP contribution in [0.1, 0.15) is 18.1 Å². The van der Waals surface area contributed by atoms with Crippen LogP contribution in [-0.4, -0.2) is 16.6 Å². The molecule has 4 aromatic rings. The number of nitrogens with zero attached hydrogens (tertiary/aromatic N) is 2. The summed E-state index contributed by atoms with van der Waals surface area (Å²) in [6.45, 7) is 2.47. The van der Waals surface area contributed by atoms with E-state index < -0.39 is 11.6 Å². The maximum absolute atomic E-state index is 13.8. The fourth-order valence-corrected chi connectivity index (χ4v) is 2.90. The maximum atomic E-state index is 13.8. The standard InChI is InChI=1S/C24H16F2N2O/c1-2-29-20-14-27-24(28-15-20)18-8-5-16(6-9-18)3-4-17-7-11-21-19(13-17)10-12-22(25)23(21)26/h5-15H,2H2,1H3. The van der Waals surface area contributed by atoms with Crippen LogP contribution in [0.25, 0.3) is 22.2 Å². The first kappa shape index (κ1) is 18.6. The molecule has 0 N–H and O–H groups in total. The molecule has 0 saturated carbocycles. The van der Waals surface area contributed by atoms with Gasteiger partial charge in [0.25, 0.3) is 0 Å². The largest absolute Gasteiger partial charge is 0.491 e. The highest BCUT2D eigenvalue weighted by molar-refractivity contribution is 5.84. The SMILES string of the molecule is CCOc1cnc(-c2ccc(C#Cc3ccc4c(F)c(F)ccc4c3)cc2)nc1. The van der Waals surface area contributed by atoms with Gasteiger partial charge in [-0.25, -0.2) is 18.7 Å². The molecule has 0 aliphatic rings. The quantitative estimate of drug-likeness (QED) is 0.444. The topological polar surface area (TPSA) is 35.0 Å². The number of halogens is 2. The fraction of sp³-hybridized carbons (Fsp3) is 0.0833. The Hall–Kier alpha value is -3.78. The third-order valence-electron chi connectivity index (χ3n) is 4.34. The van der Waals surface area contributed by atoms with Crippen LogP contribution < -0.4 is 4.74 Å². The van der Waals surface area contributed by atoms with Crippen molar-refractivity contribution in [1.82, 2.24) is 9.97 Å². The van der Waals surface area contributed by atoms with Crippen LogP contribution in [0.4, 0.5) is 8.78 Å². The van der Waals surface area contributed by atoms with Gasteiger partial charge in [-0.15, -0.1) is 0 Å². The van der Waals surface area contributed by atoms with E-state index in [4.69, 9.17) is 4.74 Å². The molecule has 1 aromatic heterocycles. The van der Waals surface area contributed by atoms with E-state index in [1.807, 2.05) is 31.2 Å². The van der Waals surface area contributed by atoms with Gasteiger partial charge in [-0.05, 0) is 54.8 Å². The van der Waals surface area contributed by atoms with Crippen LogP contribution >= 0.6 is 0 Å². The van der Waals surface area contributed by atoms with E-state index in [1.165, 1.54) is 0 Å². The molecule has 0 spiro atoms. The number of hydrogen-bond acceptors (Lipinski definition) is 3. The monoisotopic (exact) mass is 386 g/mol. The molecule has 3 nitrogen and oxygen atoms in total. The Morgan fingerprint density at radius 3 is 2.28 bits per heavy atom. The average Bonchev–Trinajstić information content (AvgIpc) is 2.76. The molecule has 3 aromatic carbocycles. The van der Waals surface area contributed by atoms with E-state index in [2.05, 4.69) is 21.8 Å². The molecule has 5 heteroatoms. The minimum Gasteiger partial charge on any atom is -0.491 e. The Bertz CT molecular complexity index is 1220. The smallest absolute Gasteiger partial charge is 0.166 e. The van der Waals surface area contributed by atoms with E-state index in [1.54, 1.807) is 36.7 Å². The van der Waals surface area contributed by atoms with Crippen molar-refractivity contribution in [3.63, 3.8) is 0 Å². The Balaban J connectivity index is 1.54. The molecule has 0 amide bonds. The van der Waals surface area contributed by atoms with Gasteiger partial charge in [0.2, 0.25) is 0 Å². The van der Waals surface area contributed by atoms with Gasteiger partial charge < -0.3 is 4.74 Å². The zero-order valence-corrected chi connectivity index (χ0v) is 15.6. The molecule has 0 atom stereocenters. The van der Waals surface area contributed by atoms with Crippen molar-refractivity contribution in [3.05, 3.63) is 89.8 Å². The lowest BCUT2D eigenvalue weighted by atomic mass is 10.1. The van der Waals surface area contributed by atoms with Gasteiger partial charge in [-0.2, -0.15) is 0 Å². The van der Waals surface area contributed by atoms with Crippen LogP contribution in [0, 0.1) is 23.5 Å². The molecule has 0 unspecified atom stereocenters. The fourth-order valence-electron chi connectivity index (χ4n) is 2.90. The van der Waals surface area contributed by atoms with Crippen LogP contribution in [0.5, 0.6) is 5.75 Å². The summed E-state index contributed by atoms with van der Waals surface area (Å²) in [5, 5.41) is 0.856. The number of benzene rings is 3. The predicted molar refractivity (Wildman–Crippen MR) is 108 cm³/mol. The Kier molecular flexibility index (Phi) is 5.17. The van der Waals surface area contributed by atoms with Gasteiger partial charge in [0.1, 0.15) is 0 Å². The van der Waals surface area contributed by atoms with Gasteiger partial charge in [-0.1, -0.05) is 24.0 Å². The van der Waals surface area contributed by atoms with Crippen molar-refractivity contribution >= 4 is 10.8 Å². The number of ether oxygens (including phenoxy) is 1. The number of fused-ring (bicyclic) bond motifs is 1. The number of rotatable bonds is 3. The van der Waals surface area contributed by atoms with Crippen LogP contribution in [0.15, 0.2) is 67.0 Å². The summed E-state index contributed by atoms with van der Waals surface area (Å²) in [4.78, 5) is 8.61. The normalized spacial score (nSPS) is 10.4. The molecule has 0 bridgehead atoms. The number of aromatic nitrogens is 2. The summed E-state index contributed by atoms with van der Waals surface area (Å²) < 4.78 is 32.4. The second-order valence-electron chi connectivity index (χ2n) is 6.30. The molecule has 0 saturated heterocycles. The van der Waals surface area contributed by atoms with E-state index in [0.717, 1.165) is 22.8 Å². The first-order valence-electron chi connectivity index (χ1n) is 9.09. The van der Waals surface area contributed by atoms with Gasteiger partial charge >= 0.3 is 0 Å². The highest BCUT2D eigenvalue weighted by atomic mass is 19.2. The maximum Gasteiger partial charge on any atom is 0.166 e. The van der Waals surface area contributed by atoms with Crippen LogP contribution in [0.3, 0.4) is 0 Å². The molecule has 142 valence electrons. The van der Waals surface area contributed by atoms with Gasteiger partial charge in [-0.3, -0.25) is 0 Å². The summed E-state index contributed by atoms with van der Waals surface area (Å²) in [7, 11) is 0. The molecule has 0 aliphatic carbocycles. The third kappa shape index (κ3) is 4.07. The Labute approximate surface area is 167 Å². The third-order valence-corrected chi connectivity index (χ3v) is 4.34. The van der Waals surface area contributed by atoms with Crippen molar-refractivity contribution < 1.29 is 13.5 Å². The zero-order valence-electron chi connectivity index (χ0n) is 15.6. The van der Waals surface area contributed by atoms with E-state index in [0.29, 0.717) is 23.6 Å². The molecule has 0 aliphatic heterocycles. The predicted octanol–water partition coefficient (Wildman–Crippen LogP) is 5.37. The van der Waals surface area contributed by atoms with Crippen molar-refractivity contribution in [2.24, 2.45) is 0 Å². The number of hydrogen-bond donors (Lipinski definition) is 0. The van der Waals surface area contributed by atoms with Crippen molar-refractivity contribution in [1.29, 1.82) is 0 Å². The highest BCUT2D eigenvalue weighted by Gasteiger charge is 2.06. The van der Waals surface area contributed by atoms with Crippen LogP contribution in [0.2, 0.25) is 0 Å². The molecule has 29 heavy (non-hydrogen) atoms. The van der Waals surface area contributed by atoms with Gasteiger partial charge in [0, 0.05) is 22.1 Å². The Morgan fingerprint density at radius 2 is 1.55 bits per heavy atom. The zero-order chi connectivity index (χ0) is 20.2. The lowest BCUT2D eigenvalue weighted by Crippen LogP contribution is -1.94. The molecular formula is C24H16F2N2O. The minimum atomic E-state index is -0.854. The highest BCUT2D eigenvalue weighted by Crippen LogP contribution is 2.21. The Morgan fingerprint density at radius 1 is 0.862 bits per heavy atom. The lowest BCUT2D eigenvalue weighted by Gasteiger charge is -2.03. The van der Waals surface area contributed by atoms with Crippen molar-refractivity contribution in [2.45, 2.75) is 6.92 Å². The van der Waals surface area contributed by atoms with Crippen LogP contribution in [-0.2, 0) is 0 Å². The second-order valence-corrected chi connectivity index (χ2v) is 6.30. The molecule has 0 fully saturated rings. The summed E-state index contributed by atoms with van der Waals surface area (Å²) in [6, 6.07) is 15.2. The van der Waals surface area contributed by atoms with Crippen molar-refractivity contribution in [2.75, 3.05) is 6.61 Å². The lowest BCUT2D eigenvalue weighted by molar-refractivity contribution is 0.337. The molecular weight excluding hydrogens is 370 g/mol. The summed E-state index contributed by atoms with van der Waals surface area (Å²) in [6.07, 6.45) is 3.29. The van der Waals surface area contributed by atoms with E-state index >= 15 is 0 Å². The minimum absolute atomic E-state index is 0.246. The second kappa shape index (κ2) is 8.07.